The Morgan fingerprint density at radius 1 is 1.00 bits per heavy atom. The van der Waals surface area contributed by atoms with E-state index in [1.54, 1.807) is 0 Å². The van der Waals surface area contributed by atoms with Crippen LogP contribution in [0.2, 0.25) is 0 Å². The number of aliphatic hydroxyl groups is 3. The van der Waals surface area contributed by atoms with E-state index in [1.165, 1.54) is 31.2 Å². The molecule has 7 atom stereocenters. The fourth-order valence-electron chi connectivity index (χ4n) is 8.17. The number of hydrogen-bond donors (Lipinski definition) is 6. The Balaban J connectivity index is 0.000000240. The van der Waals surface area contributed by atoms with Gasteiger partial charge in [0.1, 0.15) is 6.10 Å². The van der Waals surface area contributed by atoms with E-state index >= 15 is 0 Å². The number of carbonyl (C=O) groups is 2. The molecule has 4 fully saturated rings. The molecule has 0 aromatic heterocycles. The third-order valence-electron chi connectivity index (χ3n) is 10.1. The first-order valence-corrected chi connectivity index (χ1v) is 14.1. The quantitative estimate of drug-likeness (QED) is 0.290. The molecule has 1 aromatic carbocycles. The van der Waals surface area contributed by atoms with Gasteiger partial charge in [0, 0.05) is 24.2 Å². The maximum absolute atomic E-state index is 12.4. The molecule has 6 N–H and O–H groups in total. The fourth-order valence-corrected chi connectivity index (χ4v) is 8.17. The number of nitrogens with zero attached hydrogens (tertiary/aromatic N) is 2. The Morgan fingerprint density at radius 2 is 1.67 bits per heavy atom. The zero-order valence-corrected chi connectivity index (χ0v) is 21.9. The van der Waals surface area contributed by atoms with E-state index < -0.39 is 29.7 Å². The third-order valence-corrected chi connectivity index (χ3v) is 10.1. The van der Waals surface area contributed by atoms with Crippen molar-refractivity contribution in [2.75, 3.05) is 26.2 Å². The van der Waals surface area contributed by atoms with Crippen molar-refractivity contribution in [3.63, 3.8) is 0 Å². The van der Waals surface area contributed by atoms with Crippen LogP contribution in [0.4, 0.5) is 0 Å². The van der Waals surface area contributed by atoms with Gasteiger partial charge in [-0.1, -0.05) is 6.07 Å². The first kappa shape index (κ1) is 26.8. The molecule has 2 bridgehead atoms. The molecular weight excluding hydrogens is 508 g/mol. The number of benzene rings is 1. The number of carboxylic acids is 2. The van der Waals surface area contributed by atoms with Crippen molar-refractivity contribution in [3.05, 3.63) is 23.3 Å². The molecule has 2 saturated carbocycles. The SMILES string of the molecule is O=C(O)C(O)C(O)C(=O)O.Oc1ccc2c3c1O[C@H]1[C@H](N4CCCC4)CCC4(O)[C@@H](C2)N(CC2CC2)CC[C@]314. The number of likely N-dealkylation sites (tertiary alicyclic amines) is 2. The van der Waals surface area contributed by atoms with Gasteiger partial charge < -0.3 is 35.4 Å². The van der Waals surface area contributed by atoms with Crippen LogP contribution in [-0.4, -0.2) is 115 Å². The highest BCUT2D eigenvalue weighted by molar-refractivity contribution is 5.83. The van der Waals surface area contributed by atoms with Crippen molar-refractivity contribution < 1.29 is 45.0 Å². The maximum Gasteiger partial charge on any atom is 0.335 e. The van der Waals surface area contributed by atoms with E-state index in [4.69, 9.17) is 25.2 Å². The number of ether oxygens (including phenoxy) is 1. The summed E-state index contributed by atoms with van der Waals surface area (Å²) in [7, 11) is 0. The van der Waals surface area contributed by atoms with Gasteiger partial charge in [0.05, 0.1) is 11.0 Å². The van der Waals surface area contributed by atoms with Gasteiger partial charge in [0.2, 0.25) is 0 Å². The van der Waals surface area contributed by atoms with Crippen molar-refractivity contribution in [1.82, 2.24) is 9.80 Å². The lowest BCUT2D eigenvalue weighted by Crippen LogP contribution is -2.78. The molecule has 1 spiro atoms. The summed E-state index contributed by atoms with van der Waals surface area (Å²) < 4.78 is 6.66. The Kier molecular flexibility index (Phi) is 6.58. The molecule has 0 amide bonds. The molecule has 7 rings (SSSR count). The van der Waals surface area contributed by atoms with Crippen molar-refractivity contribution in [1.29, 1.82) is 0 Å². The average Bonchev–Trinajstić information content (AvgIpc) is 3.40. The number of phenolic OH excluding ortho intramolecular Hbond substituents is 1. The maximum atomic E-state index is 12.4. The minimum absolute atomic E-state index is 0.0349. The molecule has 3 aliphatic carbocycles. The van der Waals surface area contributed by atoms with E-state index in [2.05, 4.69) is 15.9 Å². The largest absolute Gasteiger partial charge is 0.504 e. The van der Waals surface area contributed by atoms with Crippen LogP contribution in [-0.2, 0) is 21.4 Å². The minimum Gasteiger partial charge on any atom is -0.504 e. The van der Waals surface area contributed by atoms with Crippen LogP contribution < -0.4 is 4.74 Å². The van der Waals surface area contributed by atoms with E-state index in [0.717, 1.165) is 63.3 Å². The van der Waals surface area contributed by atoms with Crippen molar-refractivity contribution in [2.45, 2.75) is 92.8 Å². The van der Waals surface area contributed by atoms with Gasteiger partial charge >= 0.3 is 11.9 Å². The van der Waals surface area contributed by atoms with Gasteiger partial charge in [0.15, 0.2) is 23.7 Å². The lowest BCUT2D eigenvalue weighted by molar-refractivity contribution is -0.199. The number of carboxylic acid groups (broad SMARTS) is 2. The predicted molar refractivity (Wildman–Crippen MR) is 137 cm³/mol. The van der Waals surface area contributed by atoms with Crippen LogP contribution in [0.3, 0.4) is 0 Å². The number of aromatic hydroxyl groups is 1. The summed E-state index contributed by atoms with van der Waals surface area (Å²) >= 11 is 0. The Labute approximate surface area is 226 Å². The first-order chi connectivity index (χ1) is 18.6. The third kappa shape index (κ3) is 4.04. The molecule has 39 heavy (non-hydrogen) atoms. The second kappa shape index (κ2) is 9.59. The number of piperidine rings is 1. The molecule has 1 aromatic rings. The molecule has 11 nitrogen and oxygen atoms in total. The normalized spacial score (nSPS) is 36.2. The number of aliphatic hydroxyl groups excluding tert-OH is 2. The molecule has 11 heteroatoms. The van der Waals surface area contributed by atoms with E-state index in [-0.39, 0.29) is 23.3 Å². The van der Waals surface area contributed by atoms with Gasteiger partial charge in [-0.2, -0.15) is 0 Å². The van der Waals surface area contributed by atoms with Crippen molar-refractivity contribution in [2.24, 2.45) is 5.92 Å². The van der Waals surface area contributed by atoms with Crippen LogP contribution >= 0.6 is 0 Å². The summed E-state index contributed by atoms with van der Waals surface area (Å²) in [6.07, 6.45) is 4.36. The highest BCUT2D eigenvalue weighted by Crippen LogP contribution is 2.66. The summed E-state index contributed by atoms with van der Waals surface area (Å²) in [6.45, 7) is 4.48. The molecule has 3 heterocycles. The van der Waals surface area contributed by atoms with Crippen LogP contribution in [0.25, 0.3) is 0 Å². The lowest BCUT2D eigenvalue weighted by Gasteiger charge is -2.64. The smallest absolute Gasteiger partial charge is 0.335 e. The van der Waals surface area contributed by atoms with Gasteiger partial charge in [-0.15, -0.1) is 0 Å². The molecule has 3 unspecified atom stereocenters. The van der Waals surface area contributed by atoms with Crippen molar-refractivity contribution in [3.8, 4) is 11.5 Å². The molecule has 214 valence electrons. The predicted octanol–water partition coefficient (Wildman–Crippen LogP) is 0.298. The van der Waals surface area contributed by atoms with Crippen molar-refractivity contribution >= 4 is 11.9 Å². The topological polar surface area (TPSA) is 171 Å². The second-order valence-corrected chi connectivity index (χ2v) is 12.2. The monoisotopic (exact) mass is 546 g/mol. The number of hydrogen-bond acceptors (Lipinski definition) is 9. The number of aliphatic carboxylic acids is 2. The lowest BCUT2D eigenvalue weighted by atomic mass is 9.48. The van der Waals surface area contributed by atoms with Gasteiger partial charge in [-0.25, -0.2) is 9.59 Å². The van der Waals surface area contributed by atoms with Crippen LogP contribution in [0.15, 0.2) is 12.1 Å². The van der Waals surface area contributed by atoms with E-state index in [1.807, 2.05) is 6.07 Å². The summed E-state index contributed by atoms with van der Waals surface area (Å²) in [5.74, 6) is -1.76. The Bertz CT molecular complexity index is 1130. The van der Waals surface area contributed by atoms with Crippen LogP contribution in [0, 0.1) is 5.92 Å². The molecular formula is C28H38N2O9. The molecule has 6 aliphatic rings. The summed E-state index contributed by atoms with van der Waals surface area (Å²) in [4.78, 5) is 24.8. The van der Waals surface area contributed by atoms with E-state index in [9.17, 15) is 19.8 Å². The van der Waals surface area contributed by atoms with Crippen LogP contribution in [0.1, 0.15) is 56.1 Å². The zero-order valence-electron chi connectivity index (χ0n) is 21.9. The number of phenols is 1. The summed E-state index contributed by atoms with van der Waals surface area (Å²) in [6, 6.07) is 4.46. The molecule has 2 saturated heterocycles. The molecule has 3 aliphatic heterocycles. The Hall–Kier alpha value is -2.44. The average molecular weight is 547 g/mol. The van der Waals surface area contributed by atoms with Gasteiger partial charge in [-0.05, 0) is 88.5 Å². The summed E-state index contributed by atoms with van der Waals surface area (Å²) in [5.41, 5.74) is 1.37. The first-order valence-electron chi connectivity index (χ1n) is 14.1. The Morgan fingerprint density at radius 3 is 2.28 bits per heavy atom. The summed E-state index contributed by atoms with van der Waals surface area (Å²) in [5, 5.41) is 55.7. The highest BCUT2D eigenvalue weighted by atomic mass is 16.5. The zero-order chi connectivity index (χ0) is 27.7. The minimum atomic E-state index is -2.27. The number of rotatable bonds is 6. The van der Waals surface area contributed by atoms with Gasteiger partial charge in [-0.3, -0.25) is 9.80 Å². The standard InChI is InChI=1S/C24H32N2O3.C4H6O6/c27-18-6-5-16-13-19-24(28)8-7-17(25-10-1-2-11-25)22-23(24,20(16)21(18)29-22)9-12-26(19)14-15-3-4-15;5-1(3(7)8)2(6)4(9)10/h5-6,15,17,19,22,27-28H,1-4,7-14H2;1-2,5-6H,(H,7,8)(H,9,10)/t17-,19-,22+,23+,24?;/m1./s1. The fraction of sp³-hybridized carbons (Fsp3) is 0.714. The highest BCUT2D eigenvalue weighted by Gasteiger charge is 2.73. The van der Waals surface area contributed by atoms with Gasteiger partial charge in [0.25, 0.3) is 0 Å². The van der Waals surface area contributed by atoms with Crippen LogP contribution in [0.5, 0.6) is 11.5 Å². The van der Waals surface area contributed by atoms with E-state index in [0.29, 0.717) is 11.8 Å². The second-order valence-electron chi connectivity index (χ2n) is 12.2. The molecule has 0 radical (unpaired) electrons.